The molecule has 0 spiro atoms. The molecule has 18 heavy (non-hydrogen) atoms. The minimum absolute atomic E-state index is 0.328. The zero-order valence-corrected chi connectivity index (χ0v) is 13.0. The molecule has 2 aromatic rings. The van der Waals surface area contributed by atoms with E-state index in [1.165, 1.54) is 0 Å². The molecule has 0 saturated heterocycles. The van der Waals surface area contributed by atoms with Crippen molar-refractivity contribution in [3.8, 4) is 0 Å². The van der Waals surface area contributed by atoms with Crippen LogP contribution in [-0.4, -0.2) is 8.42 Å². The van der Waals surface area contributed by atoms with E-state index in [0.717, 1.165) is 9.13 Å². The van der Waals surface area contributed by atoms with Crippen LogP contribution in [0, 0.1) is 10.5 Å². The van der Waals surface area contributed by atoms with Crippen LogP contribution < -0.4 is 2.94 Å². The molecule has 5 heteroatoms. The topological polar surface area (TPSA) is 46.2 Å². The Hall–Kier alpha value is -0.920. The zero-order valence-electron chi connectivity index (χ0n) is 9.83. The number of sulfonamides is 1. The number of hydrogen-bond donors (Lipinski definition) is 1. The average molecular weight is 375 g/mol. The summed E-state index contributed by atoms with van der Waals surface area (Å²) in [5, 5.41) is 0. The van der Waals surface area contributed by atoms with E-state index in [0.29, 0.717) is 4.90 Å². The summed E-state index contributed by atoms with van der Waals surface area (Å²) >= 11 is -0.923. The maximum atomic E-state index is 12.0. The molecule has 2 aromatic carbocycles. The fraction of sp³-hybridized carbons (Fsp3) is 0.0769. The van der Waals surface area contributed by atoms with Crippen molar-refractivity contribution in [1.82, 2.24) is 2.94 Å². The molecule has 2 rings (SSSR count). The first-order valence-corrected chi connectivity index (χ1v) is 9.20. The predicted octanol–water partition coefficient (Wildman–Crippen LogP) is 2.76. The Labute approximate surface area is 118 Å². The Kier molecular flexibility index (Phi) is 4.36. The fourth-order valence-electron chi connectivity index (χ4n) is 1.36. The maximum absolute atomic E-state index is 12.0. The van der Waals surface area contributed by atoms with Crippen molar-refractivity contribution in [2.24, 2.45) is 0 Å². The summed E-state index contributed by atoms with van der Waals surface area (Å²) in [4.78, 5) is 0.328. The Morgan fingerprint density at radius 1 is 0.944 bits per heavy atom. The summed E-state index contributed by atoms with van der Waals surface area (Å²) in [6.07, 6.45) is 0. The molecule has 0 fully saturated rings. The molecule has 0 aliphatic rings. The Morgan fingerprint density at radius 3 is 2.17 bits per heavy atom. The van der Waals surface area contributed by atoms with Crippen LogP contribution in [0.1, 0.15) is 5.56 Å². The molecular formula is C13H14INO2S. The zero-order chi connectivity index (χ0) is 13.0. The average Bonchev–Trinajstić information content (AvgIpc) is 2.38. The van der Waals surface area contributed by atoms with E-state index in [4.69, 9.17) is 0 Å². The second kappa shape index (κ2) is 5.81. The molecule has 0 aliphatic carbocycles. The van der Waals surface area contributed by atoms with E-state index in [1.807, 2.05) is 37.3 Å². The Balaban J connectivity index is 2.11. The molecule has 0 aromatic heterocycles. The van der Waals surface area contributed by atoms with E-state index in [9.17, 15) is 8.42 Å². The second-order valence-corrected chi connectivity index (χ2v) is 8.81. The molecule has 0 bridgehead atoms. The van der Waals surface area contributed by atoms with Crippen molar-refractivity contribution in [2.45, 2.75) is 11.8 Å². The van der Waals surface area contributed by atoms with Gasteiger partial charge in [-0.05, 0) is 0 Å². The molecule has 0 amide bonds. The number of halogens is 1. The van der Waals surface area contributed by atoms with E-state index in [-0.39, 0.29) is 0 Å². The normalized spacial score (nSPS) is 11.6. The SMILES string of the molecule is Cc1ccc(S(=O)(=O)N[IH]c2ccccc2)cc1. The van der Waals surface area contributed by atoms with Gasteiger partial charge in [-0.1, -0.05) is 0 Å². The van der Waals surface area contributed by atoms with Crippen LogP contribution in [0.25, 0.3) is 0 Å². The van der Waals surface area contributed by atoms with Crippen molar-refractivity contribution >= 4 is 31.5 Å². The van der Waals surface area contributed by atoms with Crippen LogP contribution in [-0.2, 0) is 10.0 Å². The van der Waals surface area contributed by atoms with Crippen LogP contribution in [0.2, 0.25) is 0 Å². The van der Waals surface area contributed by atoms with Crippen molar-refractivity contribution in [1.29, 1.82) is 0 Å². The van der Waals surface area contributed by atoms with E-state index in [1.54, 1.807) is 24.3 Å². The van der Waals surface area contributed by atoms with Gasteiger partial charge in [0.2, 0.25) is 0 Å². The van der Waals surface area contributed by atoms with E-state index >= 15 is 0 Å². The first kappa shape index (κ1) is 13.5. The van der Waals surface area contributed by atoms with Gasteiger partial charge in [-0.25, -0.2) is 0 Å². The van der Waals surface area contributed by atoms with E-state index < -0.39 is 31.5 Å². The van der Waals surface area contributed by atoms with Gasteiger partial charge < -0.3 is 0 Å². The van der Waals surface area contributed by atoms with Gasteiger partial charge in [0.25, 0.3) is 0 Å². The molecule has 96 valence electrons. The van der Waals surface area contributed by atoms with Gasteiger partial charge in [0.15, 0.2) is 0 Å². The number of rotatable bonds is 4. The molecule has 0 aliphatic heterocycles. The number of aryl methyl sites for hydroxylation is 1. The summed E-state index contributed by atoms with van der Waals surface area (Å²) in [7, 11) is -3.37. The molecular weight excluding hydrogens is 361 g/mol. The van der Waals surface area contributed by atoms with Crippen LogP contribution in [0.3, 0.4) is 0 Å². The molecule has 0 saturated carbocycles. The molecule has 0 radical (unpaired) electrons. The molecule has 0 heterocycles. The third kappa shape index (κ3) is 3.54. The predicted molar refractivity (Wildman–Crippen MR) is 82.1 cm³/mol. The summed E-state index contributed by atoms with van der Waals surface area (Å²) in [6.45, 7) is 1.93. The molecule has 0 atom stereocenters. The fourth-order valence-corrected chi connectivity index (χ4v) is 5.58. The van der Waals surface area contributed by atoms with Crippen molar-refractivity contribution < 1.29 is 8.42 Å². The first-order chi connectivity index (χ1) is 8.58. The van der Waals surface area contributed by atoms with Gasteiger partial charge in [-0.2, -0.15) is 0 Å². The van der Waals surface area contributed by atoms with Crippen molar-refractivity contribution in [3.05, 3.63) is 63.7 Å². The summed E-state index contributed by atoms with van der Waals surface area (Å²) < 4.78 is 27.9. The monoisotopic (exact) mass is 375 g/mol. The third-order valence-electron chi connectivity index (χ3n) is 2.34. The molecule has 1 N–H and O–H groups in total. The summed E-state index contributed by atoms with van der Waals surface area (Å²) in [5.41, 5.74) is 1.05. The molecule has 0 unspecified atom stereocenters. The van der Waals surface area contributed by atoms with Gasteiger partial charge in [-0.15, -0.1) is 0 Å². The van der Waals surface area contributed by atoms with Crippen LogP contribution in [0.15, 0.2) is 59.5 Å². The standard InChI is InChI=1S/C13H14INO2S/c1-11-7-9-13(10-8-11)18(16,17)15-14-12-5-3-2-4-6-12/h2-10,14-15H,1H3. The number of benzene rings is 2. The van der Waals surface area contributed by atoms with Crippen LogP contribution >= 0.6 is 21.5 Å². The number of hydrogen-bond acceptors (Lipinski definition) is 2. The third-order valence-corrected chi connectivity index (χ3v) is 7.58. The van der Waals surface area contributed by atoms with E-state index in [2.05, 4.69) is 2.94 Å². The van der Waals surface area contributed by atoms with Gasteiger partial charge >= 0.3 is 118 Å². The summed E-state index contributed by atoms with van der Waals surface area (Å²) in [6, 6.07) is 16.5. The Morgan fingerprint density at radius 2 is 1.56 bits per heavy atom. The van der Waals surface area contributed by atoms with Gasteiger partial charge in [0, 0.05) is 0 Å². The Bertz CT molecular complexity index is 609. The van der Waals surface area contributed by atoms with Crippen molar-refractivity contribution in [2.75, 3.05) is 0 Å². The summed E-state index contributed by atoms with van der Waals surface area (Å²) in [5.74, 6) is 0. The number of nitrogens with one attached hydrogen (secondary N) is 1. The van der Waals surface area contributed by atoms with Crippen LogP contribution in [0.4, 0.5) is 0 Å². The molecule has 3 nitrogen and oxygen atoms in total. The van der Waals surface area contributed by atoms with Gasteiger partial charge in [-0.3, -0.25) is 0 Å². The first-order valence-electron chi connectivity index (χ1n) is 5.38. The van der Waals surface area contributed by atoms with Gasteiger partial charge in [0.05, 0.1) is 0 Å². The van der Waals surface area contributed by atoms with Crippen molar-refractivity contribution in [3.63, 3.8) is 0 Å². The van der Waals surface area contributed by atoms with Crippen LogP contribution in [0.5, 0.6) is 0 Å². The second-order valence-electron chi connectivity index (χ2n) is 3.81. The minimum atomic E-state index is -3.37. The quantitative estimate of drug-likeness (QED) is 0.660. The van der Waals surface area contributed by atoms with Gasteiger partial charge in [0.1, 0.15) is 0 Å².